The number of benzene rings is 2. The van der Waals surface area contributed by atoms with E-state index in [1.54, 1.807) is 6.07 Å². The predicted molar refractivity (Wildman–Crippen MR) is 107 cm³/mol. The van der Waals surface area contributed by atoms with Crippen molar-refractivity contribution in [3.05, 3.63) is 57.4 Å². The number of aryl methyl sites for hydroxylation is 1. The molecule has 0 radical (unpaired) electrons. The highest BCUT2D eigenvalue weighted by atomic mass is 16.5. The van der Waals surface area contributed by atoms with Gasteiger partial charge >= 0.3 is 5.97 Å². The third-order valence-electron chi connectivity index (χ3n) is 5.18. The Balaban J connectivity index is 1.99. The zero-order valence-electron chi connectivity index (χ0n) is 16.6. The average Bonchev–Trinajstić information content (AvgIpc) is 2.70. The Morgan fingerprint density at radius 3 is 2.45 bits per heavy atom. The molecule has 1 N–H and O–H groups in total. The summed E-state index contributed by atoms with van der Waals surface area (Å²) < 4.78 is 21.9. The summed E-state index contributed by atoms with van der Waals surface area (Å²) in [7, 11) is 4.49. The lowest BCUT2D eigenvalue weighted by atomic mass is 9.85. The summed E-state index contributed by atoms with van der Waals surface area (Å²) in [6.07, 6.45) is 0.0132. The summed E-state index contributed by atoms with van der Waals surface area (Å²) in [6, 6.07) is 9.23. The van der Waals surface area contributed by atoms with Crippen molar-refractivity contribution in [2.45, 2.75) is 19.3 Å². The lowest BCUT2D eigenvalue weighted by molar-refractivity contribution is -0.135. The van der Waals surface area contributed by atoms with E-state index in [2.05, 4.69) is 4.98 Å². The second-order valence-corrected chi connectivity index (χ2v) is 6.93. The predicted octanol–water partition coefficient (Wildman–Crippen LogP) is 3.30. The van der Waals surface area contributed by atoms with Crippen molar-refractivity contribution in [1.29, 1.82) is 0 Å². The van der Waals surface area contributed by atoms with E-state index in [1.807, 2.05) is 31.2 Å². The minimum Gasteiger partial charge on any atom is -0.493 e. The van der Waals surface area contributed by atoms with Crippen LogP contribution in [0, 0.1) is 6.92 Å². The van der Waals surface area contributed by atoms with Gasteiger partial charge in [-0.05, 0) is 30.0 Å². The minimum atomic E-state index is -0.546. The van der Waals surface area contributed by atoms with E-state index in [1.165, 1.54) is 21.3 Å². The first-order valence-corrected chi connectivity index (χ1v) is 9.14. The molecule has 3 aromatic rings. The van der Waals surface area contributed by atoms with Gasteiger partial charge in [0.05, 0.1) is 27.8 Å². The van der Waals surface area contributed by atoms with Crippen molar-refractivity contribution in [3.63, 3.8) is 0 Å². The van der Waals surface area contributed by atoms with Gasteiger partial charge in [0, 0.05) is 28.6 Å². The van der Waals surface area contributed by atoms with Gasteiger partial charge in [0.2, 0.25) is 5.75 Å². The number of aromatic amines is 1. The van der Waals surface area contributed by atoms with Crippen LogP contribution < -0.4 is 24.5 Å². The van der Waals surface area contributed by atoms with Crippen LogP contribution in [-0.4, -0.2) is 32.3 Å². The SMILES string of the molecule is COc1cc2c(c(OC)c1OC)[C@H](c1cc3ccc(C)cc3[nH]c1=O)CC(=O)O2. The largest absolute Gasteiger partial charge is 0.493 e. The monoisotopic (exact) mass is 395 g/mol. The average molecular weight is 395 g/mol. The van der Waals surface area contributed by atoms with E-state index >= 15 is 0 Å². The van der Waals surface area contributed by atoms with Gasteiger partial charge in [0.15, 0.2) is 11.5 Å². The van der Waals surface area contributed by atoms with Crippen LogP contribution in [0.1, 0.15) is 29.0 Å². The topological polar surface area (TPSA) is 86.9 Å². The molecule has 0 amide bonds. The van der Waals surface area contributed by atoms with Gasteiger partial charge in [-0.15, -0.1) is 0 Å². The number of hydrogen-bond donors (Lipinski definition) is 1. The number of pyridine rings is 1. The first-order valence-electron chi connectivity index (χ1n) is 9.14. The Morgan fingerprint density at radius 2 is 1.76 bits per heavy atom. The highest BCUT2D eigenvalue weighted by molar-refractivity contribution is 5.83. The van der Waals surface area contributed by atoms with Crippen LogP contribution >= 0.6 is 0 Å². The number of ether oxygens (including phenoxy) is 4. The normalized spacial score (nSPS) is 15.6. The molecule has 1 aromatic heterocycles. The van der Waals surface area contributed by atoms with Crippen LogP contribution in [0.15, 0.2) is 35.1 Å². The summed E-state index contributed by atoms with van der Waals surface area (Å²) in [5, 5.41) is 0.880. The lowest BCUT2D eigenvalue weighted by Crippen LogP contribution is -2.26. The van der Waals surface area contributed by atoms with Crippen LogP contribution in [0.3, 0.4) is 0 Å². The fraction of sp³-hybridized carbons (Fsp3) is 0.273. The number of aromatic nitrogens is 1. The molecule has 0 aliphatic carbocycles. The van der Waals surface area contributed by atoms with Crippen LogP contribution in [0.25, 0.3) is 10.9 Å². The molecule has 2 aromatic carbocycles. The van der Waals surface area contributed by atoms with Gasteiger partial charge in [-0.1, -0.05) is 12.1 Å². The second kappa shape index (κ2) is 7.16. The second-order valence-electron chi connectivity index (χ2n) is 6.93. The summed E-state index contributed by atoms with van der Waals surface area (Å²) in [4.78, 5) is 28.2. The number of hydrogen-bond acceptors (Lipinski definition) is 6. The van der Waals surface area contributed by atoms with Crippen LogP contribution in [0.5, 0.6) is 23.0 Å². The molecule has 4 rings (SSSR count). The Labute approximate surface area is 167 Å². The van der Waals surface area contributed by atoms with Gasteiger partial charge in [0.1, 0.15) is 5.75 Å². The molecule has 0 saturated carbocycles. The Morgan fingerprint density at radius 1 is 1.00 bits per heavy atom. The Kier molecular flexibility index (Phi) is 4.66. The third-order valence-corrected chi connectivity index (χ3v) is 5.18. The maximum Gasteiger partial charge on any atom is 0.312 e. The number of fused-ring (bicyclic) bond motifs is 2. The molecule has 150 valence electrons. The molecule has 7 heteroatoms. The zero-order chi connectivity index (χ0) is 20.7. The van der Waals surface area contributed by atoms with E-state index < -0.39 is 11.9 Å². The van der Waals surface area contributed by atoms with E-state index in [-0.39, 0.29) is 12.0 Å². The van der Waals surface area contributed by atoms with Crippen molar-refractivity contribution in [1.82, 2.24) is 4.98 Å². The molecule has 0 unspecified atom stereocenters. The standard InChI is InChI=1S/C22H21NO6/c1-11-5-6-12-8-14(22(25)23-15(12)7-11)13-9-18(24)29-16-10-17(26-2)20(27-3)21(28-4)19(13)16/h5-8,10,13H,9H2,1-4H3,(H,23,25)/t13-/m0/s1. The van der Waals surface area contributed by atoms with Crippen LogP contribution in [0.2, 0.25) is 0 Å². The molecule has 1 aliphatic heterocycles. The number of carbonyl (C=O) groups excluding carboxylic acids is 1. The number of carbonyl (C=O) groups is 1. The fourth-order valence-corrected chi connectivity index (χ4v) is 3.86. The number of esters is 1. The summed E-state index contributed by atoms with van der Waals surface area (Å²) in [5.74, 6) is 0.450. The number of H-pyrrole nitrogens is 1. The van der Waals surface area contributed by atoms with Crippen LogP contribution in [0.4, 0.5) is 0 Å². The van der Waals surface area contributed by atoms with Crippen molar-refractivity contribution in [2.75, 3.05) is 21.3 Å². The molecular formula is C22H21NO6. The quantitative estimate of drug-likeness (QED) is 0.539. The van der Waals surface area contributed by atoms with E-state index in [0.29, 0.717) is 34.1 Å². The van der Waals surface area contributed by atoms with Gasteiger partial charge < -0.3 is 23.9 Å². The molecular weight excluding hydrogens is 374 g/mol. The first-order chi connectivity index (χ1) is 14.0. The molecule has 1 atom stereocenters. The molecule has 0 saturated heterocycles. The van der Waals surface area contributed by atoms with Crippen LogP contribution in [-0.2, 0) is 4.79 Å². The van der Waals surface area contributed by atoms with Crippen molar-refractivity contribution >= 4 is 16.9 Å². The maximum absolute atomic E-state index is 12.9. The number of methoxy groups -OCH3 is 3. The highest BCUT2D eigenvalue weighted by Gasteiger charge is 2.36. The molecule has 0 bridgehead atoms. The van der Waals surface area contributed by atoms with Gasteiger partial charge in [-0.25, -0.2) is 0 Å². The van der Waals surface area contributed by atoms with E-state index in [0.717, 1.165) is 16.5 Å². The van der Waals surface area contributed by atoms with Gasteiger partial charge in [0.25, 0.3) is 5.56 Å². The molecule has 0 fully saturated rings. The molecule has 7 nitrogen and oxygen atoms in total. The molecule has 0 spiro atoms. The first kappa shape index (κ1) is 18.9. The number of rotatable bonds is 4. The molecule has 2 heterocycles. The zero-order valence-corrected chi connectivity index (χ0v) is 16.6. The van der Waals surface area contributed by atoms with Gasteiger partial charge in [-0.3, -0.25) is 9.59 Å². The smallest absolute Gasteiger partial charge is 0.312 e. The van der Waals surface area contributed by atoms with Crippen molar-refractivity contribution in [3.8, 4) is 23.0 Å². The van der Waals surface area contributed by atoms with Crippen molar-refractivity contribution in [2.24, 2.45) is 0 Å². The minimum absolute atomic E-state index is 0.0132. The fourth-order valence-electron chi connectivity index (χ4n) is 3.86. The van der Waals surface area contributed by atoms with Crippen molar-refractivity contribution < 1.29 is 23.7 Å². The lowest BCUT2D eigenvalue weighted by Gasteiger charge is -2.28. The Hall–Kier alpha value is -3.48. The third kappa shape index (κ3) is 3.08. The molecule has 29 heavy (non-hydrogen) atoms. The van der Waals surface area contributed by atoms with E-state index in [4.69, 9.17) is 18.9 Å². The Bertz CT molecular complexity index is 1180. The van der Waals surface area contributed by atoms with Gasteiger partial charge in [-0.2, -0.15) is 0 Å². The summed E-state index contributed by atoms with van der Waals surface area (Å²) in [5.41, 5.74) is 2.58. The summed E-state index contributed by atoms with van der Waals surface area (Å²) in [6.45, 7) is 1.96. The van der Waals surface area contributed by atoms with E-state index in [9.17, 15) is 9.59 Å². The maximum atomic E-state index is 12.9. The summed E-state index contributed by atoms with van der Waals surface area (Å²) >= 11 is 0. The highest BCUT2D eigenvalue weighted by Crippen LogP contribution is 2.51. The molecule has 1 aliphatic rings. The number of nitrogens with one attached hydrogen (secondary N) is 1.